The van der Waals surface area contributed by atoms with Gasteiger partial charge in [0.15, 0.2) is 5.58 Å². The van der Waals surface area contributed by atoms with Gasteiger partial charge in [-0.05, 0) is 67.4 Å². The molecule has 0 aliphatic heterocycles. The summed E-state index contributed by atoms with van der Waals surface area (Å²) < 4.78 is 5.95. The number of nitrogens with zero attached hydrogens (tertiary/aromatic N) is 1. The van der Waals surface area contributed by atoms with E-state index in [1.807, 2.05) is 26.0 Å². The van der Waals surface area contributed by atoms with Gasteiger partial charge in [-0.2, -0.15) is 0 Å². The quantitative estimate of drug-likeness (QED) is 0.359. The molecule has 0 fully saturated rings. The molecule has 0 spiro atoms. The first-order chi connectivity index (χ1) is 13.8. The number of fused-ring (bicyclic) bond motifs is 1. The summed E-state index contributed by atoms with van der Waals surface area (Å²) in [6.45, 7) is 3.98. The number of aromatic nitrogens is 1. The Hall–Kier alpha value is -2.53. The first-order valence-corrected chi connectivity index (χ1v) is 9.89. The fraction of sp³-hybridized carbons (Fsp3) is 0.0909. The Morgan fingerprint density at radius 1 is 0.931 bits per heavy atom. The summed E-state index contributed by atoms with van der Waals surface area (Å²) in [6.07, 6.45) is 0. The lowest BCUT2D eigenvalue weighted by molar-refractivity contribution is 0.102. The standard InChI is InChI=1S/C22H15Cl3N2O2/c1-11-7-12(2)20-19(8-11)27-22(29-20)15-10-14(4-6-16(15)23)26-21(28)13-3-5-17(24)18(25)9-13/h3-10H,1-2H3,(H,26,28). The van der Waals surface area contributed by atoms with E-state index in [0.717, 1.165) is 16.6 Å². The van der Waals surface area contributed by atoms with E-state index >= 15 is 0 Å². The van der Waals surface area contributed by atoms with Gasteiger partial charge in [-0.1, -0.05) is 40.9 Å². The minimum atomic E-state index is -0.319. The number of benzene rings is 3. The van der Waals surface area contributed by atoms with Crippen molar-refractivity contribution in [1.29, 1.82) is 0 Å². The van der Waals surface area contributed by atoms with Gasteiger partial charge in [-0.15, -0.1) is 0 Å². The zero-order valence-electron chi connectivity index (χ0n) is 15.5. The highest BCUT2D eigenvalue weighted by Gasteiger charge is 2.15. The van der Waals surface area contributed by atoms with Crippen molar-refractivity contribution < 1.29 is 9.21 Å². The number of anilines is 1. The van der Waals surface area contributed by atoms with Crippen LogP contribution in [0.25, 0.3) is 22.6 Å². The molecule has 7 heteroatoms. The van der Waals surface area contributed by atoms with E-state index in [1.165, 1.54) is 6.07 Å². The molecule has 0 aliphatic rings. The van der Waals surface area contributed by atoms with Gasteiger partial charge >= 0.3 is 0 Å². The zero-order chi connectivity index (χ0) is 20.7. The van der Waals surface area contributed by atoms with Crippen molar-refractivity contribution >= 4 is 57.5 Å². The maximum absolute atomic E-state index is 12.5. The molecule has 0 aliphatic carbocycles. The molecule has 0 saturated carbocycles. The van der Waals surface area contributed by atoms with Gasteiger partial charge in [0.25, 0.3) is 5.91 Å². The van der Waals surface area contributed by atoms with Crippen molar-refractivity contribution in [3.8, 4) is 11.5 Å². The van der Waals surface area contributed by atoms with Crippen LogP contribution in [0.1, 0.15) is 21.5 Å². The monoisotopic (exact) mass is 444 g/mol. The second-order valence-corrected chi connectivity index (χ2v) is 7.95. The van der Waals surface area contributed by atoms with Crippen LogP contribution in [0.15, 0.2) is 52.9 Å². The maximum Gasteiger partial charge on any atom is 0.255 e. The molecular weight excluding hydrogens is 431 g/mol. The summed E-state index contributed by atoms with van der Waals surface area (Å²) in [4.78, 5) is 17.1. The Labute approximate surface area is 182 Å². The number of amides is 1. The predicted octanol–water partition coefficient (Wildman–Crippen LogP) is 7.32. The van der Waals surface area contributed by atoms with Gasteiger partial charge in [-0.3, -0.25) is 4.79 Å². The van der Waals surface area contributed by atoms with Crippen molar-refractivity contribution in [1.82, 2.24) is 4.98 Å². The Balaban J connectivity index is 1.68. The number of rotatable bonds is 3. The minimum Gasteiger partial charge on any atom is -0.436 e. The summed E-state index contributed by atoms with van der Waals surface area (Å²) in [6, 6.07) is 13.8. The van der Waals surface area contributed by atoms with Crippen LogP contribution in [0.2, 0.25) is 15.1 Å². The first kappa shape index (κ1) is 19.8. The average Bonchev–Trinajstić information content (AvgIpc) is 3.09. The largest absolute Gasteiger partial charge is 0.436 e. The molecule has 3 aromatic carbocycles. The number of hydrogen-bond acceptors (Lipinski definition) is 3. The van der Waals surface area contributed by atoms with Crippen LogP contribution >= 0.6 is 34.8 Å². The third-order valence-electron chi connectivity index (χ3n) is 4.46. The predicted molar refractivity (Wildman–Crippen MR) is 118 cm³/mol. The molecular formula is C22H15Cl3N2O2. The highest BCUT2D eigenvalue weighted by molar-refractivity contribution is 6.42. The lowest BCUT2D eigenvalue weighted by Gasteiger charge is -2.08. The van der Waals surface area contributed by atoms with Crippen LogP contribution in [0.5, 0.6) is 0 Å². The number of carbonyl (C=O) groups excluding carboxylic acids is 1. The molecule has 0 saturated heterocycles. The van der Waals surface area contributed by atoms with Gasteiger partial charge in [0, 0.05) is 11.3 Å². The third-order valence-corrected chi connectivity index (χ3v) is 5.53. The van der Waals surface area contributed by atoms with Crippen LogP contribution in [-0.2, 0) is 0 Å². The topological polar surface area (TPSA) is 55.1 Å². The number of aryl methyl sites for hydroxylation is 2. The van der Waals surface area contributed by atoms with Gasteiger partial charge < -0.3 is 9.73 Å². The highest BCUT2D eigenvalue weighted by Crippen LogP contribution is 2.33. The average molecular weight is 446 g/mol. The second kappa shape index (κ2) is 7.71. The molecule has 4 aromatic rings. The fourth-order valence-electron chi connectivity index (χ4n) is 3.10. The van der Waals surface area contributed by atoms with Crippen molar-refractivity contribution in [2.24, 2.45) is 0 Å². The van der Waals surface area contributed by atoms with Crippen molar-refractivity contribution in [3.63, 3.8) is 0 Å². The van der Waals surface area contributed by atoms with E-state index in [9.17, 15) is 4.79 Å². The second-order valence-electron chi connectivity index (χ2n) is 6.73. The van der Waals surface area contributed by atoms with E-state index in [0.29, 0.717) is 43.4 Å². The Morgan fingerprint density at radius 2 is 1.69 bits per heavy atom. The van der Waals surface area contributed by atoms with E-state index < -0.39 is 0 Å². The van der Waals surface area contributed by atoms with E-state index in [1.54, 1.807) is 30.3 Å². The summed E-state index contributed by atoms with van der Waals surface area (Å²) in [5, 5.41) is 4.00. The molecule has 4 nitrogen and oxygen atoms in total. The van der Waals surface area contributed by atoms with Gasteiger partial charge in [0.1, 0.15) is 5.52 Å². The van der Waals surface area contributed by atoms with Gasteiger partial charge in [0.05, 0.1) is 20.6 Å². The highest BCUT2D eigenvalue weighted by atomic mass is 35.5. The van der Waals surface area contributed by atoms with Crippen molar-refractivity contribution in [3.05, 3.63) is 80.3 Å². The molecule has 29 heavy (non-hydrogen) atoms. The third kappa shape index (κ3) is 3.97. The Morgan fingerprint density at radius 3 is 2.45 bits per heavy atom. The molecule has 0 radical (unpaired) electrons. The molecule has 4 rings (SSSR count). The lowest BCUT2D eigenvalue weighted by Crippen LogP contribution is -2.11. The Kier molecular flexibility index (Phi) is 5.26. The molecule has 0 unspecified atom stereocenters. The molecule has 1 heterocycles. The molecule has 1 N–H and O–H groups in total. The van der Waals surface area contributed by atoms with Crippen LogP contribution in [0.4, 0.5) is 5.69 Å². The van der Waals surface area contributed by atoms with Gasteiger partial charge in [0.2, 0.25) is 5.89 Å². The number of carbonyl (C=O) groups is 1. The number of halogens is 3. The lowest BCUT2D eigenvalue weighted by atomic mass is 10.1. The molecule has 146 valence electrons. The van der Waals surface area contributed by atoms with E-state index in [2.05, 4.69) is 10.3 Å². The normalized spacial score (nSPS) is 11.1. The van der Waals surface area contributed by atoms with Gasteiger partial charge in [-0.25, -0.2) is 4.98 Å². The van der Waals surface area contributed by atoms with Crippen LogP contribution < -0.4 is 5.32 Å². The van der Waals surface area contributed by atoms with E-state index in [-0.39, 0.29) is 5.91 Å². The smallest absolute Gasteiger partial charge is 0.255 e. The number of oxazole rings is 1. The minimum absolute atomic E-state index is 0.313. The van der Waals surface area contributed by atoms with Crippen molar-refractivity contribution in [2.75, 3.05) is 5.32 Å². The van der Waals surface area contributed by atoms with Crippen LogP contribution in [0.3, 0.4) is 0 Å². The summed E-state index contributed by atoms with van der Waals surface area (Å²) in [7, 11) is 0. The fourth-order valence-corrected chi connectivity index (χ4v) is 3.60. The molecule has 0 bridgehead atoms. The molecule has 0 atom stereocenters. The van der Waals surface area contributed by atoms with Crippen molar-refractivity contribution in [2.45, 2.75) is 13.8 Å². The molecule has 1 aromatic heterocycles. The Bertz CT molecular complexity index is 1260. The van der Waals surface area contributed by atoms with Crippen LogP contribution in [0, 0.1) is 13.8 Å². The van der Waals surface area contributed by atoms with E-state index in [4.69, 9.17) is 39.2 Å². The zero-order valence-corrected chi connectivity index (χ0v) is 17.8. The van der Waals surface area contributed by atoms with Crippen LogP contribution in [-0.4, -0.2) is 10.9 Å². The molecule has 1 amide bonds. The summed E-state index contributed by atoms with van der Waals surface area (Å²) >= 11 is 18.3. The SMILES string of the molecule is Cc1cc(C)c2oc(-c3cc(NC(=O)c4ccc(Cl)c(Cl)c4)ccc3Cl)nc2c1. The first-order valence-electron chi connectivity index (χ1n) is 8.76. The summed E-state index contributed by atoms with van der Waals surface area (Å²) in [5.41, 5.74) is 5.11. The number of hydrogen-bond donors (Lipinski definition) is 1. The number of nitrogens with one attached hydrogen (secondary N) is 1. The maximum atomic E-state index is 12.5. The summed E-state index contributed by atoms with van der Waals surface area (Å²) in [5.74, 6) is 0.0743.